The molecule has 3 N–H and O–H groups in total. The lowest BCUT2D eigenvalue weighted by atomic mass is 9.84. The largest absolute Gasteiger partial charge is 0.480 e. The van der Waals surface area contributed by atoms with Gasteiger partial charge in [-0.1, -0.05) is 41.9 Å². The minimum absolute atomic E-state index is 0.0273. The first kappa shape index (κ1) is 26.2. The van der Waals surface area contributed by atoms with Gasteiger partial charge in [-0.2, -0.15) is 8.78 Å². The van der Waals surface area contributed by atoms with Crippen LogP contribution in [0.1, 0.15) is 34.3 Å². The summed E-state index contributed by atoms with van der Waals surface area (Å²) in [7, 11) is 0. The number of fused-ring (bicyclic) bond motifs is 1. The maximum absolute atomic E-state index is 15.6. The molecule has 1 saturated carbocycles. The zero-order valence-electron chi connectivity index (χ0n) is 19.7. The number of primary amides is 1. The number of hydrogen-bond donors (Lipinski definition) is 2. The van der Waals surface area contributed by atoms with E-state index in [1.807, 2.05) is 0 Å². The molecule has 5 nitrogen and oxygen atoms in total. The highest BCUT2D eigenvalue weighted by molar-refractivity contribution is 6.34. The number of nitrogens with two attached hydrogens (primary N) is 1. The minimum atomic E-state index is -3.36. The van der Waals surface area contributed by atoms with Crippen LogP contribution in [0, 0.1) is 11.6 Å². The van der Waals surface area contributed by atoms with Crippen molar-refractivity contribution < 1.29 is 36.2 Å². The van der Waals surface area contributed by atoms with E-state index in [1.165, 1.54) is 0 Å². The highest BCUT2D eigenvalue weighted by Crippen LogP contribution is 2.50. The lowest BCUT2D eigenvalue weighted by Gasteiger charge is -2.36. The van der Waals surface area contributed by atoms with Gasteiger partial charge in [0.05, 0.1) is 10.6 Å². The lowest BCUT2D eigenvalue weighted by molar-refractivity contribution is -0.0521. The number of rotatable bonds is 8. The molecule has 11 heteroatoms. The molecule has 1 unspecified atom stereocenters. The summed E-state index contributed by atoms with van der Waals surface area (Å²) in [4.78, 5) is 12.2. The number of amides is 1. The van der Waals surface area contributed by atoms with Crippen LogP contribution in [0.15, 0.2) is 48.5 Å². The molecular formula is C27H22ClF5N2O3. The summed E-state index contributed by atoms with van der Waals surface area (Å²) in [5.41, 5.74) is 4.05. The molecule has 1 heterocycles. The number of carbonyl (C=O) groups excluding carboxylic acids is 1. The van der Waals surface area contributed by atoms with E-state index in [0.717, 1.165) is 18.2 Å². The van der Waals surface area contributed by atoms with E-state index < -0.39 is 57.8 Å². The molecule has 0 bridgehead atoms. The number of hydrogen-bond acceptors (Lipinski definition) is 4. The van der Waals surface area contributed by atoms with Crippen LogP contribution in [-0.4, -0.2) is 31.3 Å². The molecular weight excluding hydrogens is 531 g/mol. The molecule has 200 valence electrons. The predicted octanol–water partition coefficient (Wildman–Crippen LogP) is 5.91. The SMILES string of the molecule is NC(=O)c1ccc(OC(F)F)c(F)c1-c1c(Cl)c(F)cc2c1CC(CNC1CC(F)C1)(c1ccccc1)O2. The maximum atomic E-state index is 15.6. The Morgan fingerprint density at radius 1 is 1.16 bits per heavy atom. The van der Waals surface area contributed by atoms with Crippen LogP contribution in [0.3, 0.4) is 0 Å². The summed E-state index contributed by atoms with van der Waals surface area (Å²) in [5, 5.41) is 2.74. The second-order valence-electron chi connectivity index (χ2n) is 9.35. The molecule has 1 atom stereocenters. The van der Waals surface area contributed by atoms with Gasteiger partial charge in [0.15, 0.2) is 17.2 Å². The lowest BCUT2D eigenvalue weighted by Crippen LogP contribution is -2.50. The van der Waals surface area contributed by atoms with Gasteiger partial charge >= 0.3 is 6.61 Å². The van der Waals surface area contributed by atoms with E-state index in [1.54, 1.807) is 30.3 Å². The van der Waals surface area contributed by atoms with Crippen molar-refractivity contribution >= 4 is 17.5 Å². The van der Waals surface area contributed by atoms with Gasteiger partial charge in [0, 0.05) is 41.8 Å². The molecule has 1 fully saturated rings. The van der Waals surface area contributed by atoms with Crippen LogP contribution in [0.4, 0.5) is 22.0 Å². The summed E-state index contributed by atoms with van der Waals surface area (Å²) < 4.78 is 80.6. The second-order valence-corrected chi connectivity index (χ2v) is 9.73. The fourth-order valence-corrected chi connectivity index (χ4v) is 5.28. The smallest absolute Gasteiger partial charge is 0.387 e. The first-order valence-corrected chi connectivity index (χ1v) is 12.2. The monoisotopic (exact) mass is 552 g/mol. The van der Waals surface area contributed by atoms with Crippen molar-refractivity contribution in [1.29, 1.82) is 0 Å². The number of benzene rings is 3. The molecule has 0 spiro atoms. The Bertz CT molecular complexity index is 1390. The Kier molecular flexibility index (Phi) is 6.96. The van der Waals surface area contributed by atoms with E-state index >= 15 is 8.78 Å². The highest BCUT2D eigenvalue weighted by atomic mass is 35.5. The first-order valence-electron chi connectivity index (χ1n) is 11.8. The number of nitrogens with one attached hydrogen (secondary N) is 1. The highest BCUT2D eigenvalue weighted by Gasteiger charge is 2.45. The Hall–Kier alpha value is -3.37. The second kappa shape index (κ2) is 10.1. The van der Waals surface area contributed by atoms with Crippen LogP contribution in [0.2, 0.25) is 5.02 Å². The number of alkyl halides is 3. The van der Waals surface area contributed by atoms with Crippen molar-refractivity contribution in [2.45, 2.75) is 43.7 Å². The average molecular weight is 553 g/mol. The van der Waals surface area contributed by atoms with Crippen molar-refractivity contribution in [3.8, 4) is 22.6 Å². The number of carbonyl (C=O) groups is 1. The van der Waals surface area contributed by atoms with Crippen LogP contribution in [0.5, 0.6) is 11.5 Å². The van der Waals surface area contributed by atoms with E-state index in [2.05, 4.69) is 10.1 Å². The third-order valence-corrected chi connectivity index (χ3v) is 7.32. The Balaban J connectivity index is 1.66. The Labute approximate surface area is 219 Å². The number of halogens is 6. The molecule has 3 aromatic rings. The van der Waals surface area contributed by atoms with Gasteiger partial charge in [0.2, 0.25) is 5.91 Å². The summed E-state index contributed by atoms with van der Waals surface area (Å²) in [6.45, 7) is -3.16. The summed E-state index contributed by atoms with van der Waals surface area (Å²) >= 11 is 6.34. The molecule has 5 rings (SSSR count). The van der Waals surface area contributed by atoms with Crippen LogP contribution in [-0.2, 0) is 12.0 Å². The molecule has 0 aromatic heterocycles. The molecule has 0 radical (unpaired) electrons. The van der Waals surface area contributed by atoms with Crippen molar-refractivity contribution in [1.82, 2.24) is 5.32 Å². The summed E-state index contributed by atoms with van der Waals surface area (Å²) in [5.74, 6) is -4.26. The topological polar surface area (TPSA) is 73.6 Å². The fraction of sp³-hybridized carbons (Fsp3) is 0.296. The van der Waals surface area contributed by atoms with E-state index in [-0.39, 0.29) is 35.9 Å². The van der Waals surface area contributed by atoms with Crippen molar-refractivity contribution in [2.75, 3.05) is 6.54 Å². The van der Waals surface area contributed by atoms with Gasteiger partial charge < -0.3 is 20.5 Å². The van der Waals surface area contributed by atoms with Gasteiger partial charge in [0.25, 0.3) is 0 Å². The van der Waals surface area contributed by atoms with Gasteiger partial charge in [-0.15, -0.1) is 0 Å². The van der Waals surface area contributed by atoms with Gasteiger partial charge in [-0.3, -0.25) is 4.79 Å². The van der Waals surface area contributed by atoms with Crippen LogP contribution < -0.4 is 20.5 Å². The molecule has 1 aliphatic carbocycles. The summed E-state index contributed by atoms with van der Waals surface area (Å²) in [6, 6.07) is 11.8. The molecule has 38 heavy (non-hydrogen) atoms. The third kappa shape index (κ3) is 4.67. The van der Waals surface area contributed by atoms with Crippen molar-refractivity contribution in [2.24, 2.45) is 5.73 Å². The zero-order chi connectivity index (χ0) is 27.2. The molecule has 1 amide bonds. The van der Waals surface area contributed by atoms with Crippen molar-refractivity contribution in [3.63, 3.8) is 0 Å². The number of ether oxygens (including phenoxy) is 2. The van der Waals surface area contributed by atoms with E-state index in [0.29, 0.717) is 18.4 Å². The van der Waals surface area contributed by atoms with Crippen LogP contribution in [0.25, 0.3) is 11.1 Å². The standard InChI is InChI=1S/C27H22ClF5N2O3/c28-23-18(30)10-20-17(21(23)22-16(25(34)36)6-7-19(24(22)31)37-26(32)33)11-27(38-20,13-4-2-1-3-5-13)12-35-15-8-14(29)9-15/h1-7,10,14-15,26,35H,8-9,11-12H2,(H2,34,36). The molecule has 2 aliphatic rings. The molecule has 1 aliphatic heterocycles. The van der Waals surface area contributed by atoms with E-state index in [4.69, 9.17) is 22.1 Å². The van der Waals surface area contributed by atoms with Crippen molar-refractivity contribution in [3.05, 3.63) is 81.9 Å². The molecule has 3 aromatic carbocycles. The first-order chi connectivity index (χ1) is 18.1. The predicted molar refractivity (Wildman–Crippen MR) is 130 cm³/mol. The maximum Gasteiger partial charge on any atom is 0.387 e. The third-order valence-electron chi connectivity index (χ3n) is 6.95. The zero-order valence-corrected chi connectivity index (χ0v) is 20.5. The van der Waals surface area contributed by atoms with Crippen LogP contribution >= 0.6 is 11.6 Å². The van der Waals surface area contributed by atoms with Gasteiger partial charge in [0.1, 0.15) is 17.7 Å². The normalized spacial score (nSPS) is 22.1. The fourth-order valence-electron chi connectivity index (χ4n) is 5.02. The Morgan fingerprint density at radius 2 is 1.87 bits per heavy atom. The Morgan fingerprint density at radius 3 is 2.50 bits per heavy atom. The summed E-state index contributed by atoms with van der Waals surface area (Å²) in [6.07, 6.45) is -0.168. The van der Waals surface area contributed by atoms with E-state index in [9.17, 15) is 18.0 Å². The van der Waals surface area contributed by atoms with Gasteiger partial charge in [-0.05, 0) is 30.5 Å². The average Bonchev–Trinajstić information content (AvgIpc) is 3.23. The van der Waals surface area contributed by atoms with Gasteiger partial charge in [-0.25, -0.2) is 13.2 Å². The quantitative estimate of drug-likeness (QED) is 0.341. The molecule has 0 saturated heterocycles. The minimum Gasteiger partial charge on any atom is -0.480 e.